The van der Waals surface area contributed by atoms with Gasteiger partial charge in [0.2, 0.25) is 0 Å². The number of nitrogens with one attached hydrogen (secondary N) is 1. The van der Waals surface area contributed by atoms with E-state index in [1.807, 2.05) is 0 Å². The minimum absolute atomic E-state index is 0.447. The lowest BCUT2D eigenvalue weighted by atomic mass is 10.0. The molecular formula is C8H16N2O. The highest BCUT2D eigenvalue weighted by Crippen LogP contribution is 2.17. The van der Waals surface area contributed by atoms with Crippen LogP contribution in [0.3, 0.4) is 0 Å². The minimum atomic E-state index is 0.447. The van der Waals surface area contributed by atoms with Gasteiger partial charge in [0.1, 0.15) is 0 Å². The molecule has 0 aromatic heterocycles. The third-order valence-corrected chi connectivity index (χ3v) is 2.73. The third kappa shape index (κ3) is 1.41. The fourth-order valence-corrected chi connectivity index (χ4v) is 2.00. The summed E-state index contributed by atoms with van der Waals surface area (Å²) in [6.45, 7) is 4.18. The van der Waals surface area contributed by atoms with Crippen LogP contribution in [0.2, 0.25) is 0 Å². The molecular weight excluding hydrogens is 140 g/mol. The van der Waals surface area contributed by atoms with Crippen LogP contribution in [0.4, 0.5) is 0 Å². The topological polar surface area (TPSA) is 24.5 Å². The Hall–Kier alpha value is -0.120. The average Bonchev–Trinajstić information content (AvgIpc) is 2.06. The molecule has 2 aliphatic heterocycles. The molecule has 1 unspecified atom stereocenters. The summed E-state index contributed by atoms with van der Waals surface area (Å²) in [5, 5.41) is 3.35. The van der Waals surface area contributed by atoms with Crippen LogP contribution in [-0.4, -0.2) is 50.3 Å². The second-order valence-electron chi connectivity index (χ2n) is 3.45. The monoisotopic (exact) mass is 156 g/mol. The Morgan fingerprint density at radius 2 is 2.45 bits per heavy atom. The van der Waals surface area contributed by atoms with E-state index in [4.69, 9.17) is 4.74 Å². The molecule has 3 heteroatoms. The maximum Gasteiger partial charge on any atom is 0.0855 e. The molecule has 11 heavy (non-hydrogen) atoms. The molecule has 3 nitrogen and oxygen atoms in total. The van der Waals surface area contributed by atoms with Crippen LogP contribution in [0.25, 0.3) is 0 Å². The van der Waals surface area contributed by atoms with Gasteiger partial charge in [0.15, 0.2) is 0 Å². The van der Waals surface area contributed by atoms with Gasteiger partial charge in [-0.15, -0.1) is 0 Å². The molecule has 2 aliphatic rings. The fraction of sp³-hybridized carbons (Fsp3) is 1.00. The van der Waals surface area contributed by atoms with Gasteiger partial charge in [0.05, 0.1) is 12.7 Å². The first-order valence-corrected chi connectivity index (χ1v) is 4.40. The van der Waals surface area contributed by atoms with Crippen molar-refractivity contribution in [2.75, 3.05) is 33.3 Å². The Labute approximate surface area is 67.7 Å². The van der Waals surface area contributed by atoms with Crippen LogP contribution in [0.5, 0.6) is 0 Å². The molecule has 0 aliphatic carbocycles. The zero-order valence-corrected chi connectivity index (χ0v) is 7.05. The van der Waals surface area contributed by atoms with Crippen LogP contribution < -0.4 is 5.32 Å². The summed E-state index contributed by atoms with van der Waals surface area (Å²) in [5.74, 6) is 0. The average molecular weight is 156 g/mol. The zero-order chi connectivity index (χ0) is 7.68. The SMILES string of the molecule is CN1CCOC2CNCC[C@H]21. The fourth-order valence-electron chi connectivity index (χ4n) is 2.00. The Morgan fingerprint density at radius 1 is 1.55 bits per heavy atom. The van der Waals surface area contributed by atoms with E-state index in [1.165, 1.54) is 6.42 Å². The van der Waals surface area contributed by atoms with E-state index in [0.717, 1.165) is 26.2 Å². The van der Waals surface area contributed by atoms with Crippen LogP contribution in [0.1, 0.15) is 6.42 Å². The van der Waals surface area contributed by atoms with Crippen molar-refractivity contribution in [1.82, 2.24) is 10.2 Å². The van der Waals surface area contributed by atoms with Crippen molar-refractivity contribution >= 4 is 0 Å². The van der Waals surface area contributed by atoms with Crippen LogP contribution in [0, 0.1) is 0 Å². The molecule has 1 N–H and O–H groups in total. The Kier molecular flexibility index (Phi) is 2.11. The lowest BCUT2D eigenvalue weighted by molar-refractivity contribution is -0.0716. The molecule has 0 bridgehead atoms. The first kappa shape index (κ1) is 7.53. The predicted octanol–water partition coefficient (Wildman–Crippen LogP) is -0.321. The molecule has 64 valence electrons. The van der Waals surface area contributed by atoms with E-state index in [1.54, 1.807) is 0 Å². The summed E-state index contributed by atoms with van der Waals surface area (Å²) in [6, 6.07) is 0.671. The predicted molar refractivity (Wildman–Crippen MR) is 43.6 cm³/mol. The van der Waals surface area contributed by atoms with Crippen molar-refractivity contribution in [3.05, 3.63) is 0 Å². The number of rotatable bonds is 0. The molecule has 2 saturated heterocycles. The van der Waals surface area contributed by atoms with Gasteiger partial charge in [0, 0.05) is 19.1 Å². The quantitative estimate of drug-likeness (QED) is 0.520. The van der Waals surface area contributed by atoms with Gasteiger partial charge in [-0.3, -0.25) is 4.90 Å². The number of nitrogens with zero attached hydrogens (tertiary/aromatic N) is 1. The highest BCUT2D eigenvalue weighted by Gasteiger charge is 2.31. The molecule has 2 atom stereocenters. The molecule has 2 rings (SSSR count). The normalized spacial score (nSPS) is 40.1. The molecule has 0 amide bonds. The van der Waals surface area contributed by atoms with Crippen molar-refractivity contribution < 1.29 is 4.74 Å². The first-order chi connectivity index (χ1) is 5.38. The van der Waals surface area contributed by atoms with Crippen molar-refractivity contribution in [2.45, 2.75) is 18.6 Å². The van der Waals surface area contributed by atoms with Gasteiger partial charge in [-0.2, -0.15) is 0 Å². The van der Waals surface area contributed by atoms with E-state index in [9.17, 15) is 0 Å². The second kappa shape index (κ2) is 3.09. The molecule has 0 radical (unpaired) electrons. The smallest absolute Gasteiger partial charge is 0.0855 e. The van der Waals surface area contributed by atoms with Gasteiger partial charge in [-0.25, -0.2) is 0 Å². The standard InChI is InChI=1S/C8H16N2O/c1-10-4-5-11-8-6-9-3-2-7(8)10/h7-9H,2-6H2,1H3/t7-,8?/m1/s1. The first-order valence-electron chi connectivity index (χ1n) is 4.40. The summed E-state index contributed by atoms with van der Waals surface area (Å²) >= 11 is 0. The van der Waals surface area contributed by atoms with Gasteiger partial charge >= 0.3 is 0 Å². The van der Waals surface area contributed by atoms with E-state index in [0.29, 0.717) is 12.1 Å². The number of ether oxygens (including phenoxy) is 1. The van der Waals surface area contributed by atoms with Crippen molar-refractivity contribution in [3.63, 3.8) is 0 Å². The Balaban J connectivity index is 1.99. The molecule has 2 heterocycles. The summed E-state index contributed by atoms with van der Waals surface area (Å²) < 4.78 is 5.65. The lowest BCUT2D eigenvalue weighted by Crippen LogP contribution is -2.57. The number of likely N-dealkylation sites (N-methyl/N-ethyl adjacent to an activating group) is 1. The van der Waals surface area contributed by atoms with E-state index >= 15 is 0 Å². The maximum atomic E-state index is 5.65. The summed E-state index contributed by atoms with van der Waals surface area (Å²) in [5.41, 5.74) is 0. The summed E-state index contributed by atoms with van der Waals surface area (Å²) in [6.07, 6.45) is 1.68. The molecule has 2 fully saturated rings. The van der Waals surface area contributed by atoms with Gasteiger partial charge in [-0.1, -0.05) is 0 Å². The Morgan fingerprint density at radius 3 is 3.27 bits per heavy atom. The van der Waals surface area contributed by atoms with Gasteiger partial charge in [-0.05, 0) is 20.0 Å². The molecule has 0 aromatic carbocycles. The lowest BCUT2D eigenvalue weighted by Gasteiger charge is -2.42. The van der Waals surface area contributed by atoms with E-state index < -0.39 is 0 Å². The number of hydrogen-bond donors (Lipinski definition) is 1. The second-order valence-corrected chi connectivity index (χ2v) is 3.45. The maximum absolute atomic E-state index is 5.65. The number of fused-ring (bicyclic) bond motifs is 1. The minimum Gasteiger partial charge on any atom is -0.374 e. The number of piperidine rings is 1. The zero-order valence-electron chi connectivity index (χ0n) is 7.05. The van der Waals surface area contributed by atoms with Crippen molar-refractivity contribution in [3.8, 4) is 0 Å². The van der Waals surface area contributed by atoms with Crippen LogP contribution in [0.15, 0.2) is 0 Å². The third-order valence-electron chi connectivity index (χ3n) is 2.73. The van der Waals surface area contributed by atoms with E-state index in [-0.39, 0.29) is 0 Å². The molecule has 0 aromatic rings. The van der Waals surface area contributed by atoms with Gasteiger partial charge < -0.3 is 10.1 Å². The van der Waals surface area contributed by atoms with Crippen molar-refractivity contribution in [1.29, 1.82) is 0 Å². The summed E-state index contributed by atoms with van der Waals surface area (Å²) in [4.78, 5) is 2.43. The Bertz CT molecular complexity index is 138. The summed E-state index contributed by atoms with van der Waals surface area (Å²) in [7, 11) is 2.20. The van der Waals surface area contributed by atoms with Crippen LogP contribution >= 0.6 is 0 Å². The molecule has 0 spiro atoms. The highest BCUT2D eigenvalue weighted by atomic mass is 16.5. The highest BCUT2D eigenvalue weighted by molar-refractivity contribution is 4.87. The van der Waals surface area contributed by atoms with Crippen LogP contribution in [-0.2, 0) is 4.74 Å². The molecule has 0 saturated carbocycles. The van der Waals surface area contributed by atoms with Gasteiger partial charge in [0.25, 0.3) is 0 Å². The van der Waals surface area contributed by atoms with Crippen molar-refractivity contribution in [2.24, 2.45) is 0 Å². The largest absolute Gasteiger partial charge is 0.374 e. The number of morpholine rings is 1. The number of hydrogen-bond acceptors (Lipinski definition) is 3. The van der Waals surface area contributed by atoms with E-state index in [2.05, 4.69) is 17.3 Å².